The molecule has 2 aliphatic heterocycles. The summed E-state index contributed by atoms with van der Waals surface area (Å²) in [5.74, 6) is 1.51. The van der Waals surface area contributed by atoms with Crippen molar-refractivity contribution in [3.8, 4) is 0 Å². The van der Waals surface area contributed by atoms with Crippen molar-refractivity contribution in [2.75, 3.05) is 18.8 Å². The molecule has 1 saturated heterocycles. The molecular formula is C13H22N2O2S. The normalized spacial score (nSPS) is 28.4. The lowest BCUT2D eigenvalue weighted by Crippen LogP contribution is -2.35. The van der Waals surface area contributed by atoms with Gasteiger partial charge in [-0.1, -0.05) is 0 Å². The van der Waals surface area contributed by atoms with E-state index in [0.717, 1.165) is 25.3 Å². The van der Waals surface area contributed by atoms with Crippen molar-refractivity contribution in [2.24, 2.45) is 10.9 Å². The zero-order valence-corrected chi connectivity index (χ0v) is 12.4. The van der Waals surface area contributed by atoms with Crippen LogP contribution in [0, 0.1) is 5.92 Å². The largest absolute Gasteiger partial charge is 0.444 e. The van der Waals surface area contributed by atoms with Crippen LogP contribution in [0.15, 0.2) is 4.99 Å². The van der Waals surface area contributed by atoms with Crippen molar-refractivity contribution < 1.29 is 9.53 Å². The Hall–Kier alpha value is -0.710. The number of rotatable bonds is 1. The fraction of sp³-hybridized carbons (Fsp3) is 0.846. The first-order valence-electron chi connectivity index (χ1n) is 6.53. The molecule has 5 heteroatoms. The lowest BCUT2D eigenvalue weighted by Gasteiger charge is -2.24. The van der Waals surface area contributed by atoms with Gasteiger partial charge in [0.1, 0.15) is 5.60 Å². The quantitative estimate of drug-likeness (QED) is 0.735. The molecule has 0 spiro atoms. The summed E-state index contributed by atoms with van der Waals surface area (Å²) in [4.78, 5) is 18.4. The van der Waals surface area contributed by atoms with E-state index in [0.29, 0.717) is 12.0 Å². The van der Waals surface area contributed by atoms with Crippen molar-refractivity contribution in [1.29, 1.82) is 0 Å². The Kier molecular flexibility index (Phi) is 3.90. The Labute approximate surface area is 113 Å². The van der Waals surface area contributed by atoms with Gasteiger partial charge in [-0.3, -0.25) is 4.99 Å². The van der Waals surface area contributed by atoms with Gasteiger partial charge in [-0.15, -0.1) is 11.8 Å². The number of hydrogen-bond donors (Lipinski definition) is 0. The van der Waals surface area contributed by atoms with E-state index in [9.17, 15) is 4.79 Å². The van der Waals surface area contributed by atoms with Gasteiger partial charge in [0, 0.05) is 24.8 Å². The average molecular weight is 270 g/mol. The second-order valence-corrected chi connectivity index (χ2v) is 7.08. The molecule has 2 heterocycles. The fourth-order valence-electron chi connectivity index (χ4n) is 2.18. The van der Waals surface area contributed by atoms with Crippen LogP contribution in [0.3, 0.4) is 0 Å². The fourth-order valence-corrected chi connectivity index (χ4v) is 3.34. The van der Waals surface area contributed by atoms with Crippen molar-refractivity contribution >= 4 is 22.9 Å². The standard InChI is InChI=1S/C13H22N2O2S/c1-9-8-18-11(14-9)10-5-6-15(7-10)12(16)17-13(2,3)4/h9-10H,5-8H2,1-4H3. The Morgan fingerprint density at radius 3 is 2.78 bits per heavy atom. The van der Waals surface area contributed by atoms with E-state index in [2.05, 4.69) is 11.9 Å². The third-order valence-electron chi connectivity index (χ3n) is 3.01. The highest BCUT2D eigenvalue weighted by Crippen LogP contribution is 2.29. The smallest absolute Gasteiger partial charge is 0.410 e. The highest BCUT2D eigenvalue weighted by Gasteiger charge is 2.33. The van der Waals surface area contributed by atoms with Gasteiger partial charge in [0.2, 0.25) is 0 Å². The molecule has 2 aliphatic rings. The van der Waals surface area contributed by atoms with Crippen LogP contribution in [-0.2, 0) is 4.74 Å². The summed E-state index contributed by atoms with van der Waals surface area (Å²) >= 11 is 1.85. The SMILES string of the molecule is CC1CSC(C2CCN(C(=O)OC(C)(C)C)C2)=N1. The third-order valence-corrected chi connectivity index (χ3v) is 4.39. The van der Waals surface area contributed by atoms with Crippen molar-refractivity contribution in [2.45, 2.75) is 45.8 Å². The number of likely N-dealkylation sites (tertiary alicyclic amines) is 1. The molecule has 2 rings (SSSR count). The summed E-state index contributed by atoms with van der Waals surface area (Å²) in [6.07, 6.45) is 0.819. The van der Waals surface area contributed by atoms with E-state index in [1.54, 1.807) is 0 Å². The zero-order valence-electron chi connectivity index (χ0n) is 11.6. The molecule has 0 radical (unpaired) electrons. The molecule has 18 heavy (non-hydrogen) atoms. The maximum absolute atomic E-state index is 11.9. The van der Waals surface area contributed by atoms with Crippen LogP contribution in [-0.4, -0.2) is 46.5 Å². The molecule has 1 amide bonds. The molecule has 0 aromatic carbocycles. The van der Waals surface area contributed by atoms with Crippen LogP contribution in [0.25, 0.3) is 0 Å². The van der Waals surface area contributed by atoms with Gasteiger partial charge in [0.15, 0.2) is 0 Å². The summed E-state index contributed by atoms with van der Waals surface area (Å²) in [7, 11) is 0. The number of carbonyl (C=O) groups excluding carboxylic acids is 1. The monoisotopic (exact) mass is 270 g/mol. The number of amides is 1. The van der Waals surface area contributed by atoms with Crippen LogP contribution in [0.2, 0.25) is 0 Å². The maximum atomic E-state index is 11.9. The van der Waals surface area contributed by atoms with Crippen molar-refractivity contribution in [1.82, 2.24) is 4.90 Å². The van der Waals surface area contributed by atoms with Crippen molar-refractivity contribution in [3.63, 3.8) is 0 Å². The highest BCUT2D eigenvalue weighted by atomic mass is 32.2. The van der Waals surface area contributed by atoms with Crippen LogP contribution < -0.4 is 0 Å². The summed E-state index contributed by atoms with van der Waals surface area (Å²) in [6, 6.07) is 0.431. The molecular weight excluding hydrogens is 248 g/mol. The summed E-state index contributed by atoms with van der Waals surface area (Å²) in [5, 5.41) is 1.23. The van der Waals surface area contributed by atoms with Gasteiger partial charge in [-0.2, -0.15) is 0 Å². The zero-order chi connectivity index (χ0) is 13.3. The molecule has 0 bridgehead atoms. The average Bonchev–Trinajstić information content (AvgIpc) is 2.82. The minimum absolute atomic E-state index is 0.193. The minimum atomic E-state index is -0.413. The highest BCUT2D eigenvalue weighted by molar-refractivity contribution is 8.14. The first-order valence-corrected chi connectivity index (χ1v) is 7.52. The molecule has 0 aromatic rings. The lowest BCUT2D eigenvalue weighted by molar-refractivity contribution is 0.0292. The number of ether oxygens (including phenoxy) is 1. The number of hydrogen-bond acceptors (Lipinski definition) is 4. The molecule has 4 nitrogen and oxygen atoms in total. The first-order chi connectivity index (χ1) is 8.35. The number of carbonyl (C=O) groups is 1. The number of nitrogens with zero attached hydrogens (tertiary/aromatic N) is 2. The second kappa shape index (κ2) is 5.11. The summed E-state index contributed by atoms with van der Waals surface area (Å²) in [6.45, 7) is 9.38. The molecule has 0 aliphatic carbocycles. The second-order valence-electron chi connectivity index (χ2n) is 6.04. The minimum Gasteiger partial charge on any atom is -0.444 e. The van der Waals surface area contributed by atoms with Gasteiger partial charge in [-0.25, -0.2) is 4.79 Å². The Morgan fingerprint density at radius 2 is 2.22 bits per heavy atom. The molecule has 1 fully saturated rings. The molecule has 2 atom stereocenters. The number of aliphatic imine (C=N–C) groups is 1. The van der Waals surface area contributed by atoms with Crippen LogP contribution in [0.4, 0.5) is 4.79 Å². The third kappa shape index (κ3) is 3.40. The molecule has 0 saturated carbocycles. The van der Waals surface area contributed by atoms with Crippen LogP contribution in [0.1, 0.15) is 34.1 Å². The van der Waals surface area contributed by atoms with Gasteiger partial charge in [-0.05, 0) is 34.1 Å². The van der Waals surface area contributed by atoms with E-state index in [-0.39, 0.29) is 6.09 Å². The lowest BCUT2D eigenvalue weighted by atomic mass is 10.1. The van der Waals surface area contributed by atoms with Crippen molar-refractivity contribution in [3.05, 3.63) is 0 Å². The number of thioether (sulfide) groups is 1. The van der Waals surface area contributed by atoms with Gasteiger partial charge in [0.25, 0.3) is 0 Å². The van der Waals surface area contributed by atoms with Gasteiger partial charge in [0.05, 0.1) is 11.1 Å². The van der Waals surface area contributed by atoms with E-state index in [1.165, 1.54) is 5.04 Å². The van der Waals surface area contributed by atoms with Crippen LogP contribution >= 0.6 is 11.8 Å². The van der Waals surface area contributed by atoms with E-state index < -0.39 is 5.60 Å². The van der Waals surface area contributed by atoms with E-state index in [1.807, 2.05) is 37.4 Å². The summed E-state index contributed by atoms with van der Waals surface area (Å²) in [5.41, 5.74) is -0.413. The van der Waals surface area contributed by atoms with Gasteiger partial charge >= 0.3 is 6.09 Å². The first kappa shape index (κ1) is 13.7. The predicted octanol–water partition coefficient (Wildman–Crippen LogP) is 2.78. The Morgan fingerprint density at radius 1 is 1.50 bits per heavy atom. The maximum Gasteiger partial charge on any atom is 0.410 e. The van der Waals surface area contributed by atoms with Gasteiger partial charge < -0.3 is 9.64 Å². The molecule has 102 valence electrons. The Bertz CT molecular complexity index is 362. The van der Waals surface area contributed by atoms with E-state index in [4.69, 9.17) is 4.74 Å². The van der Waals surface area contributed by atoms with Crippen LogP contribution in [0.5, 0.6) is 0 Å². The molecule has 0 aromatic heterocycles. The molecule has 2 unspecified atom stereocenters. The topological polar surface area (TPSA) is 41.9 Å². The Balaban J connectivity index is 1.89. The molecule has 0 N–H and O–H groups in total. The predicted molar refractivity (Wildman–Crippen MR) is 75.3 cm³/mol. The van der Waals surface area contributed by atoms with E-state index >= 15 is 0 Å². The summed E-state index contributed by atoms with van der Waals surface area (Å²) < 4.78 is 5.39.